The van der Waals surface area contributed by atoms with E-state index < -0.39 is 0 Å². The molecule has 0 unspecified atom stereocenters. The number of rotatable bonds is 4. The minimum atomic E-state index is -0.228. The first kappa shape index (κ1) is 12.7. The molecule has 1 aliphatic rings. The fourth-order valence-electron chi connectivity index (χ4n) is 2.30. The highest BCUT2D eigenvalue weighted by molar-refractivity contribution is 6.17. The highest BCUT2D eigenvalue weighted by Gasteiger charge is 2.24. The van der Waals surface area contributed by atoms with Gasteiger partial charge in [-0.25, -0.2) is 0 Å². The Hall–Kier alpha value is -0.770. The molecule has 0 radical (unpaired) electrons. The van der Waals surface area contributed by atoms with Crippen molar-refractivity contribution >= 4 is 11.6 Å². The Labute approximate surface area is 107 Å². The van der Waals surface area contributed by atoms with Gasteiger partial charge in [0.15, 0.2) is 0 Å². The van der Waals surface area contributed by atoms with Gasteiger partial charge in [0.05, 0.1) is 0 Å². The Morgan fingerprint density at radius 1 is 1.24 bits per heavy atom. The van der Waals surface area contributed by atoms with E-state index in [9.17, 15) is 5.11 Å². The number of likely N-dealkylation sites (tertiary alicyclic amines) is 1. The molecule has 4 heteroatoms. The van der Waals surface area contributed by atoms with Crippen molar-refractivity contribution in [2.45, 2.75) is 25.5 Å². The minimum absolute atomic E-state index is 0.134. The number of piperidine rings is 1. The molecule has 1 N–H and O–H groups in total. The maximum absolute atomic E-state index is 9.89. The van der Waals surface area contributed by atoms with Crippen LogP contribution in [0.25, 0.3) is 0 Å². The highest BCUT2D eigenvalue weighted by Crippen LogP contribution is 2.31. The molecule has 0 aromatic heterocycles. The number of nitrogens with zero attached hydrogens (tertiary/aromatic N) is 1. The molecule has 2 rings (SSSR count). The van der Waals surface area contributed by atoms with Crippen LogP contribution < -0.4 is 0 Å². The number of para-hydroxylation sites is 1. The van der Waals surface area contributed by atoms with Gasteiger partial charge in [-0.05, 0) is 18.9 Å². The lowest BCUT2D eigenvalue weighted by molar-refractivity contribution is -0.0533. The predicted octanol–water partition coefficient (Wildman–Crippen LogP) is 3.09. The van der Waals surface area contributed by atoms with Crippen LogP contribution in [0.3, 0.4) is 0 Å². The van der Waals surface area contributed by atoms with Gasteiger partial charge in [0.1, 0.15) is 18.0 Å². The molecule has 0 bridgehead atoms. The van der Waals surface area contributed by atoms with Gasteiger partial charge in [-0.3, -0.25) is 4.90 Å². The van der Waals surface area contributed by atoms with Gasteiger partial charge in [-0.1, -0.05) is 36.2 Å². The fraction of sp³-hybridized carbons (Fsp3) is 0.538. The second kappa shape index (κ2) is 6.24. The van der Waals surface area contributed by atoms with Crippen molar-refractivity contribution in [3.63, 3.8) is 0 Å². The number of alkyl halides is 1. The Morgan fingerprint density at radius 2 is 1.94 bits per heavy atom. The zero-order valence-corrected chi connectivity index (χ0v) is 10.6. The standard InChI is InChI=1S/C13H18ClNO2/c14-10-17-13(15-8-4-1-5-9-15)11-6-2-3-7-12(11)16/h2-3,6-7,13,16H,1,4-5,8-10H2/t13-/m0/s1. The van der Waals surface area contributed by atoms with Crippen molar-refractivity contribution < 1.29 is 9.84 Å². The second-order valence-electron chi connectivity index (χ2n) is 4.28. The number of phenolic OH excluding ortho intramolecular Hbond substituents is 1. The van der Waals surface area contributed by atoms with E-state index in [4.69, 9.17) is 16.3 Å². The summed E-state index contributed by atoms with van der Waals surface area (Å²) in [6, 6.07) is 7.43. The summed E-state index contributed by atoms with van der Waals surface area (Å²) in [4.78, 5) is 2.24. The second-order valence-corrected chi connectivity index (χ2v) is 4.50. The third-order valence-corrected chi connectivity index (χ3v) is 3.27. The summed E-state index contributed by atoms with van der Waals surface area (Å²) < 4.78 is 5.58. The maximum atomic E-state index is 9.89. The Balaban J connectivity index is 2.18. The van der Waals surface area contributed by atoms with E-state index in [1.54, 1.807) is 6.07 Å². The number of phenols is 1. The van der Waals surface area contributed by atoms with Crippen LogP contribution in [0.15, 0.2) is 24.3 Å². The molecule has 1 fully saturated rings. The monoisotopic (exact) mass is 255 g/mol. The smallest absolute Gasteiger partial charge is 0.142 e. The van der Waals surface area contributed by atoms with Gasteiger partial charge >= 0.3 is 0 Å². The van der Waals surface area contributed by atoms with Gasteiger partial charge in [0.2, 0.25) is 0 Å². The fourth-order valence-corrected chi connectivity index (χ4v) is 2.42. The lowest BCUT2D eigenvalue weighted by Crippen LogP contribution is -2.35. The van der Waals surface area contributed by atoms with Gasteiger partial charge in [0, 0.05) is 18.7 Å². The predicted molar refractivity (Wildman–Crippen MR) is 68.1 cm³/mol. The topological polar surface area (TPSA) is 32.7 Å². The van der Waals surface area contributed by atoms with E-state index in [1.807, 2.05) is 18.2 Å². The molecule has 3 nitrogen and oxygen atoms in total. The van der Waals surface area contributed by atoms with Crippen LogP contribution in [0.1, 0.15) is 31.1 Å². The largest absolute Gasteiger partial charge is 0.508 e. The van der Waals surface area contributed by atoms with Crippen LogP contribution in [-0.2, 0) is 4.74 Å². The molecule has 1 aromatic carbocycles. The van der Waals surface area contributed by atoms with Crippen molar-refractivity contribution in [2.24, 2.45) is 0 Å². The molecular weight excluding hydrogens is 238 g/mol. The van der Waals surface area contributed by atoms with Crippen molar-refractivity contribution in [3.05, 3.63) is 29.8 Å². The summed E-state index contributed by atoms with van der Waals surface area (Å²) in [6.07, 6.45) is 3.39. The maximum Gasteiger partial charge on any atom is 0.142 e. The average Bonchev–Trinajstić information content (AvgIpc) is 2.38. The van der Waals surface area contributed by atoms with E-state index in [-0.39, 0.29) is 18.0 Å². The van der Waals surface area contributed by atoms with E-state index >= 15 is 0 Å². The molecule has 1 heterocycles. The molecule has 1 saturated heterocycles. The Morgan fingerprint density at radius 3 is 2.59 bits per heavy atom. The van der Waals surface area contributed by atoms with Crippen LogP contribution in [0.5, 0.6) is 5.75 Å². The molecule has 0 amide bonds. The normalized spacial score (nSPS) is 19.1. The molecule has 1 aliphatic heterocycles. The Bertz CT molecular complexity index is 353. The van der Waals surface area contributed by atoms with E-state index in [2.05, 4.69) is 4.90 Å². The third-order valence-electron chi connectivity index (χ3n) is 3.15. The van der Waals surface area contributed by atoms with Crippen molar-refractivity contribution in [3.8, 4) is 5.75 Å². The number of aromatic hydroxyl groups is 1. The number of benzene rings is 1. The number of hydrogen-bond acceptors (Lipinski definition) is 3. The molecule has 0 aliphatic carbocycles. The molecule has 1 atom stereocenters. The van der Waals surface area contributed by atoms with Gasteiger partial charge in [0.25, 0.3) is 0 Å². The van der Waals surface area contributed by atoms with Crippen molar-refractivity contribution in [1.82, 2.24) is 4.90 Å². The van der Waals surface area contributed by atoms with E-state index in [1.165, 1.54) is 19.3 Å². The quantitative estimate of drug-likeness (QED) is 0.840. The molecular formula is C13H18ClNO2. The van der Waals surface area contributed by atoms with Gasteiger partial charge in [-0.2, -0.15) is 0 Å². The van der Waals surface area contributed by atoms with Gasteiger partial charge in [-0.15, -0.1) is 0 Å². The van der Waals surface area contributed by atoms with Crippen LogP contribution >= 0.6 is 11.6 Å². The average molecular weight is 256 g/mol. The summed E-state index contributed by atoms with van der Waals surface area (Å²) in [5, 5.41) is 9.89. The number of ether oxygens (including phenoxy) is 1. The summed E-state index contributed by atoms with van der Waals surface area (Å²) in [6.45, 7) is 1.99. The molecule has 1 aromatic rings. The number of hydrogen-bond donors (Lipinski definition) is 1. The molecule has 94 valence electrons. The highest BCUT2D eigenvalue weighted by atomic mass is 35.5. The summed E-state index contributed by atoms with van der Waals surface area (Å²) in [7, 11) is 0. The third kappa shape index (κ3) is 3.12. The first-order valence-electron chi connectivity index (χ1n) is 6.02. The number of halogens is 1. The van der Waals surface area contributed by atoms with Crippen LogP contribution in [-0.4, -0.2) is 29.2 Å². The SMILES string of the molecule is Oc1ccccc1[C@H](OCCl)N1CCCCC1. The molecule has 17 heavy (non-hydrogen) atoms. The van der Waals surface area contributed by atoms with Crippen LogP contribution in [0, 0.1) is 0 Å². The van der Waals surface area contributed by atoms with Crippen molar-refractivity contribution in [1.29, 1.82) is 0 Å². The summed E-state index contributed by atoms with van der Waals surface area (Å²) in [5.74, 6) is 0.271. The Kier molecular flexibility index (Phi) is 4.66. The van der Waals surface area contributed by atoms with Crippen LogP contribution in [0.2, 0.25) is 0 Å². The molecule has 0 saturated carbocycles. The lowest BCUT2D eigenvalue weighted by Gasteiger charge is -2.34. The first-order chi connectivity index (χ1) is 8.33. The zero-order valence-electron chi connectivity index (χ0n) is 9.81. The lowest BCUT2D eigenvalue weighted by atomic mass is 10.1. The van der Waals surface area contributed by atoms with Gasteiger partial charge < -0.3 is 9.84 Å². The molecule has 0 spiro atoms. The van der Waals surface area contributed by atoms with Crippen molar-refractivity contribution in [2.75, 3.05) is 19.2 Å². The zero-order chi connectivity index (χ0) is 12.1. The van der Waals surface area contributed by atoms with E-state index in [0.717, 1.165) is 18.7 Å². The van der Waals surface area contributed by atoms with E-state index in [0.29, 0.717) is 0 Å². The first-order valence-corrected chi connectivity index (χ1v) is 6.56. The van der Waals surface area contributed by atoms with Crippen LogP contribution in [0.4, 0.5) is 0 Å². The minimum Gasteiger partial charge on any atom is -0.508 e. The summed E-state index contributed by atoms with van der Waals surface area (Å²) >= 11 is 5.69. The summed E-state index contributed by atoms with van der Waals surface area (Å²) in [5.41, 5.74) is 0.801.